The fourth-order valence-electron chi connectivity index (χ4n) is 3.15. The lowest BCUT2D eigenvalue weighted by Crippen LogP contribution is -2.33. The predicted molar refractivity (Wildman–Crippen MR) is 121 cm³/mol. The third-order valence-corrected chi connectivity index (χ3v) is 4.58. The molecule has 34 heavy (non-hydrogen) atoms. The van der Waals surface area contributed by atoms with Gasteiger partial charge in [-0.05, 0) is 18.9 Å². The summed E-state index contributed by atoms with van der Waals surface area (Å²) < 4.78 is 15.7. The van der Waals surface area contributed by atoms with Crippen LogP contribution in [0.1, 0.15) is 18.7 Å². The van der Waals surface area contributed by atoms with Crippen LogP contribution in [0.4, 0.5) is 5.82 Å². The van der Waals surface area contributed by atoms with Crippen molar-refractivity contribution in [3.63, 3.8) is 0 Å². The van der Waals surface area contributed by atoms with Gasteiger partial charge in [0.1, 0.15) is 30.2 Å². The minimum absolute atomic E-state index is 0.218. The van der Waals surface area contributed by atoms with Crippen LogP contribution in [0.3, 0.4) is 0 Å². The quantitative estimate of drug-likeness (QED) is 0.194. The highest BCUT2D eigenvalue weighted by Crippen LogP contribution is 2.31. The highest BCUT2D eigenvalue weighted by molar-refractivity contribution is 7.45. The maximum absolute atomic E-state index is 9.95. The molecule has 10 N–H and O–H groups in total. The molecule has 0 spiro atoms. The fourth-order valence-corrected chi connectivity index (χ4v) is 3.15. The van der Waals surface area contributed by atoms with Crippen LogP contribution in [0.5, 0.6) is 0 Å². The van der Waals surface area contributed by atoms with E-state index in [1.54, 1.807) is 0 Å². The number of anilines is 1. The Kier molecular flexibility index (Phi) is 10.00. The smallest absolute Gasteiger partial charge is 0.394 e. The number of aliphatic hydroxyl groups is 3. The van der Waals surface area contributed by atoms with E-state index in [-0.39, 0.29) is 11.9 Å². The van der Waals surface area contributed by atoms with Gasteiger partial charge in [-0.2, -0.15) is 0 Å². The number of ether oxygens (including phenoxy) is 1. The zero-order valence-corrected chi connectivity index (χ0v) is 19.1. The first-order valence-electron chi connectivity index (χ1n) is 10.1. The van der Waals surface area contributed by atoms with Gasteiger partial charge in [-0.15, -0.1) is 0 Å². The maximum Gasteiger partial charge on any atom is 0.466 e. The number of aliphatic hydroxyl groups excluding tert-OH is 3. The van der Waals surface area contributed by atoms with E-state index in [1.807, 2.05) is 25.1 Å². The summed E-state index contributed by atoms with van der Waals surface area (Å²) in [5.41, 5.74) is 13.4. The molecular weight excluding hydrogens is 471 g/mol. The summed E-state index contributed by atoms with van der Waals surface area (Å²) in [6.45, 7) is 1.63. The van der Waals surface area contributed by atoms with Gasteiger partial charge in [-0.1, -0.05) is 30.3 Å². The number of nitrogens with two attached hydrogens (primary N) is 2. The Balaban J connectivity index is 0.000000228. The van der Waals surface area contributed by atoms with Crippen molar-refractivity contribution >= 4 is 24.8 Å². The molecule has 0 saturated carbocycles. The van der Waals surface area contributed by atoms with Crippen LogP contribution in [0.25, 0.3) is 11.2 Å². The third kappa shape index (κ3) is 8.06. The largest absolute Gasteiger partial charge is 0.466 e. The second-order valence-electron chi connectivity index (χ2n) is 7.49. The minimum Gasteiger partial charge on any atom is -0.394 e. The molecule has 14 nitrogen and oxygen atoms in total. The topological polar surface area (TPSA) is 243 Å². The van der Waals surface area contributed by atoms with Crippen molar-refractivity contribution in [2.75, 3.05) is 12.3 Å². The lowest BCUT2D eigenvalue weighted by atomic mass is 10.1. The highest BCUT2D eigenvalue weighted by Gasteiger charge is 2.43. The number of benzene rings is 1. The molecule has 3 aromatic rings. The SMILES string of the molecule is CC(N)Cc1ccccc1.Nc1ncnc2c1ncn2[C@@H]1O[C@H](CO)[C@@H](O)[C@H]1O.O=P(O)(O)O. The molecule has 0 radical (unpaired) electrons. The van der Waals surface area contributed by atoms with E-state index in [4.69, 9.17) is 40.6 Å². The van der Waals surface area contributed by atoms with Crippen LogP contribution < -0.4 is 11.5 Å². The molecule has 15 heteroatoms. The standard InChI is InChI=1S/C10H13N5O4.C9H13N.H3O4P/c11-8-5-9(13-2-12-8)15(3-14-5)10-7(18)6(17)4(1-16)19-10;1-8(10)7-9-5-3-2-4-6-9;1-5(2,3)4/h2-4,6-7,10,16-18H,1H2,(H2,11,12,13);2-6,8H,7,10H2,1H3;(H3,1,2,3,4)/t4-,6-,7-,10-;;/m1../s1. The molecule has 1 unspecified atom stereocenters. The summed E-state index contributed by atoms with van der Waals surface area (Å²) in [6, 6.07) is 10.6. The average molecular weight is 500 g/mol. The van der Waals surface area contributed by atoms with Gasteiger partial charge in [-0.25, -0.2) is 19.5 Å². The number of aromatic nitrogens is 4. The van der Waals surface area contributed by atoms with Gasteiger partial charge in [0.05, 0.1) is 12.9 Å². The molecule has 1 saturated heterocycles. The molecule has 3 heterocycles. The van der Waals surface area contributed by atoms with Crippen LogP contribution in [0, 0.1) is 0 Å². The Bertz CT molecular complexity index is 1070. The predicted octanol–water partition coefficient (Wildman–Crippen LogP) is -1.33. The van der Waals surface area contributed by atoms with Crippen molar-refractivity contribution in [1.29, 1.82) is 0 Å². The summed E-state index contributed by atoms with van der Waals surface area (Å²) >= 11 is 0. The van der Waals surface area contributed by atoms with E-state index in [0.717, 1.165) is 6.42 Å². The number of nitrogens with zero attached hydrogens (tertiary/aromatic N) is 4. The summed E-state index contributed by atoms with van der Waals surface area (Å²) in [5, 5.41) is 28.7. The molecular formula is C19H29N6O8P. The van der Waals surface area contributed by atoms with Gasteiger partial charge in [0.15, 0.2) is 17.7 Å². The van der Waals surface area contributed by atoms with Gasteiger partial charge in [0.2, 0.25) is 0 Å². The van der Waals surface area contributed by atoms with E-state index >= 15 is 0 Å². The van der Waals surface area contributed by atoms with Crippen molar-refractivity contribution < 1.29 is 39.3 Å². The lowest BCUT2D eigenvalue weighted by Gasteiger charge is -2.16. The second-order valence-corrected chi connectivity index (χ2v) is 8.52. The average Bonchev–Trinajstić information content (AvgIpc) is 3.30. The number of nitrogen functional groups attached to an aromatic ring is 1. The van der Waals surface area contributed by atoms with E-state index in [1.165, 1.54) is 22.8 Å². The molecule has 4 rings (SSSR count). The van der Waals surface area contributed by atoms with Gasteiger partial charge in [0.25, 0.3) is 0 Å². The van der Waals surface area contributed by atoms with E-state index in [2.05, 4.69) is 27.1 Å². The van der Waals surface area contributed by atoms with Crippen LogP contribution >= 0.6 is 7.82 Å². The molecule has 0 amide bonds. The molecule has 2 aromatic heterocycles. The first-order valence-corrected chi connectivity index (χ1v) is 11.6. The van der Waals surface area contributed by atoms with E-state index in [0.29, 0.717) is 11.2 Å². The Morgan fingerprint density at radius 3 is 2.26 bits per heavy atom. The first-order chi connectivity index (χ1) is 15.9. The van der Waals surface area contributed by atoms with Crippen LogP contribution in [0.2, 0.25) is 0 Å². The minimum atomic E-state index is -4.64. The van der Waals surface area contributed by atoms with Crippen LogP contribution in [-0.4, -0.2) is 80.5 Å². The van der Waals surface area contributed by atoms with E-state index < -0.39 is 39.0 Å². The molecule has 0 bridgehead atoms. The summed E-state index contributed by atoms with van der Waals surface area (Å²) in [7, 11) is -4.64. The number of hydrogen-bond acceptors (Lipinski definition) is 10. The highest BCUT2D eigenvalue weighted by atomic mass is 31.2. The molecule has 1 aliphatic rings. The van der Waals surface area contributed by atoms with Crippen molar-refractivity contribution in [2.24, 2.45) is 5.73 Å². The number of rotatable bonds is 4. The van der Waals surface area contributed by atoms with Crippen LogP contribution in [0.15, 0.2) is 43.0 Å². The number of hydrogen-bond donors (Lipinski definition) is 8. The first kappa shape index (κ1) is 27.7. The third-order valence-electron chi connectivity index (χ3n) is 4.58. The molecule has 1 aliphatic heterocycles. The molecule has 1 aromatic carbocycles. The maximum atomic E-state index is 9.95. The second kappa shape index (κ2) is 12.3. The van der Waals surface area contributed by atoms with Crippen molar-refractivity contribution in [2.45, 2.75) is 43.9 Å². The number of imidazole rings is 1. The van der Waals surface area contributed by atoms with Gasteiger partial charge in [-0.3, -0.25) is 4.57 Å². The van der Waals surface area contributed by atoms with Gasteiger partial charge in [0, 0.05) is 6.04 Å². The normalized spacial score (nSPS) is 22.9. The van der Waals surface area contributed by atoms with Crippen molar-refractivity contribution in [3.05, 3.63) is 48.5 Å². The zero-order chi connectivity index (χ0) is 25.5. The molecule has 188 valence electrons. The Morgan fingerprint density at radius 1 is 1.12 bits per heavy atom. The van der Waals surface area contributed by atoms with Crippen molar-refractivity contribution in [3.8, 4) is 0 Å². The van der Waals surface area contributed by atoms with E-state index in [9.17, 15) is 10.2 Å². The number of phosphoric acid groups is 1. The number of fused-ring (bicyclic) bond motifs is 1. The Hall–Kier alpha value is -2.52. The summed E-state index contributed by atoms with van der Waals surface area (Å²) in [5.74, 6) is 0.218. The Morgan fingerprint density at radius 2 is 1.74 bits per heavy atom. The monoisotopic (exact) mass is 500 g/mol. The molecule has 5 atom stereocenters. The van der Waals surface area contributed by atoms with Crippen LogP contribution in [-0.2, 0) is 15.7 Å². The van der Waals surface area contributed by atoms with Gasteiger partial charge >= 0.3 is 7.82 Å². The summed E-state index contributed by atoms with van der Waals surface area (Å²) in [4.78, 5) is 33.5. The summed E-state index contributed by atoms with van der Waals surface area (Å²) in [6.07, 6.45) is -0.450. The van der Waals surface area contributed by atoms with Crippen molar-refractivity contribution in [1.82, 2.24) is 19.5 Å². The molecule has 0 aliphatic carbocycles. The molecule has 1 fully saturated rings. The zero-order valence-electron chi connectivity index (χ0n) is 18.2. The Labute approximate surface area is 194 Å². The fraction of sp³-hybridized carbons (Fsp3) is 0.421. The lowest BCUT2D eigenvalue weighted by molar-refractivity contribution is -0.0511. The van der Waals surface area contributed by atoms with Gasteiger partial charge < -0.3 is 46.2 Å².